The fourth-order valence-corrected chi connectivity index (χ4v) is 5.14. The molecular weight excluding hydrogens is 352 g/mol. The molecule has 0 aromatic heterocycles. The zero-order valence-corrected chi connectivity index (χ0v) is 17.0. The number of piperidine rings is 2. The molecule has 3 fully saturated rings. The summed E-state index contributed by atoms with van der Waals surface area (Å²) in [7, 11) is 0. The predicted octanol–water partition coefficient (Wildman–Crippen LogP) is 3.89. The van der Waals surface area contributed by atoms with Crippen LogP contribution >= 0.6 is 0 Å². The second-order valence-electron chi connectivity index (χ2n) is 8.86. The molecule has 3 aliphatic heterocycles. The van der Waals surface area contributed by atoms with Gasteiger partial charge in [-0.3, -0.25) is 15.0 Å². The van der Waals surface area contributed by atoms with Gasteiger partial charge in [0.2, 0.25) is 0 Å². The van der Waals surface area contributed by atoms with Crippen molar-refractivity contribution in [2.45, 2.75) is 51.5 Å². The van der Waals surface area contributed by atoms with Gasteiger partial charge >= 0.3 is 0 Å². The minimum atomic E-state index is -0.189. The lowest BCUT2D eigenvalue weighted by Gasteiger charge is -2.35. The van der Waals surface area contributed by atoms with Crippen LogP contribution in [0.2, 0.25) is 0 Å². The Morgan fingerprint density at radius 1 is 0.893 bits per heavy atom. The van der Waals surface area contributed by atoms with Gasteiger partial charge in [-0.15, -0.1) is 0 Å². The lowest BCUT2D eigenvalue weighted by atomic mass is 9.95. The van der Waals surface area contributed by atoms with Gasteiger partial charge < -0.3 is 9.80 Å². The van der Waals surface area contributed by atoms with Crippen molar-refractivity contribution in [3.05, 3.63) is 33.9 Å². The first-order valence-electron chi connectivity index (χ1n) is 11.2. The van der Waals surface area contributed by atoms with E-state index in [1.54, 1.807) is 0 Å². The van der Waals surface area contributed by atoms with E-state index in [9.17, 15) is 10.1 Å². The first-order valence-corrected chi connectivity index (χ1v) is 11.2. The quantitative estimate of drug-likeness (QED) is 0.548. The van der Waals surface area contributed by atoms with Gasteiger partial charge in [0.15, 0.2) is 0 Å². The van der Waals surface area contributed by atoms with Gasteiger partial charge in [0.1, 0.15) is 5.69 Å². The van der Waals surface area contributed by atoms with Crippen molar-refractivity contribution in [1.29, 1.82) is 0 Å². The van der Waals surface area contributed by atoms with E-state index in [0.29, 0.717) is 0 Å². The normalized spacial score (nSPS) is 22.6. The maximum atomic E-state index is 11.8. The molecule has 0 radical (unpaired) electrons. The fourth-order valence-electron chi connectivity index (χ4n) is 5.14. The van der Waals surface area contributed by atoms with Crippen molar-refractivity contribution < 1.29 is 4.92 Å². The Balaban J connectivity index is 1.38. The minimum absolute atomic E-state index is 0.189. The third kappa shape index (κ3) is 4.84. The smallest absolute Gasteiger partial charge is 0.292 e. The summed E-state index contributed by atoms with van der Waals surface area (Å²) < 4.78 is 0. The number of nitro benzene ring substituents is 1. The summed E-state index contributed by atoms with van der Waals surface area (Å²) in [5.41, 5.74) is 2.17. The number of benzene rings is 1. The topological polar surface area (TPSA) is 52.9 Å². The van der Waals surface area contributed by atoms with Gasteiger partial charge in [-0.05, 0) is 82.3 Å². The predicted molar refractivity (Wildman–Crippen MR) is 113 cm³/mol. The highest BCUT2D eigenvalue weighted by molar-refractivity contribution is 5.64. The molecule has 3 heterocycles. The van der Waals surface area contributed by atoms with Crippen molar-refractivity contribution in [2.24, 2.45) is 5.92 Å². The summed E-state index contributed by atoms with van der Waals surface area (Å²) in [4.78, 5) is 18.8. The molecule has 28 heavy (non-hydrogen) atoms. The molecule has 3 saturated heterocycles. The lowest BCUT2D eigenvalue weighted by molar-refractivity contribution is -0.384. The minimum Gasteiger partial charge on any atom is -0.366 e. The van der Waals surface area contributed by atoms with E-state index in [0.717, 1.165) is 62.7 Å². The zero-order chi connectivity index (χ0) is 19.3. The molecule has 6 heteroatoms. The van der Waals surface area contributed by atoms with Crippen LogP contribution in [0.5, 0.6) is 0 Å². The largest absolute Gasteiger partial charge is 0.366 e. The second-order valence-corrected chi connectivity index (χ2v) is 8.86. The molecule has 154 valence electrons. The molecule has 0 amide bonds. The first-order chi connectivity index (χ1) is 13.7. The zero-order valence-electron chi connectivity index (χ0n) is 17.0. The number of hydrogen-bond donors (Lipinski definition) is 0. The van der Waals surface area contributed by atoms with Gasteiger partial charge in [0, 0.05) is 32.2 Å². The van der Waals surface area contributed by atoms with Crippen LogP contribution in [0.15, 0.2) is 18.2 Å². The van der Waals surface area contributed by atoms with Gasteiger partial charge in [-0.25, -0.2) is 0 Å². The van der Waals surface area contributed by atoms with E-state index in [1.807, 2.05) is 12.1 Å². The van der Waals surface area contributed by atoms with Gasteiger partial charge in [-0.2, -0.15) is 0 Å². The lowest BCUT2D eigenvalue weighted by Crippen LogP contribution is -2.38. The Bertz CT molecular complexity index is 661. The molecule has 0 unspecified atom stereocenters. The Labute approximate surface area is 168 Å². The Hall–Kier alpha value is -1.66. The van der Waals surface area contributed by atoms with Crippen molar-refractivity contribution in [3.63, 3.8) is 0 Å². The molecule has 0 saturated carbocycles. The highest BCUT2D eigenvalue weighted by Crippen LogP contribution is 2.33. The highest BCUT2D eigenvalue weighted by Gasteiger charge is 2.27. The number of anilines is 1. The molecular formula is C22H34N4O2. The number of likely N-dealkylation sites (tertiary alicyclic amines) is 2. The second kappa shape index (κ2) is 9.23. The maximum Gasteiger partial charge on any atom is 0.292 e. The molecule has 0 aliphatic carbocycles. The van der Waals surface area contributed by atoms with E-state index in [1.165, 1.54) is 51.7 Å². The summed E-state index contributed by atoms with van der Waals surface area (Å²) in [6.07, 6.45) is 8.76. The Morgan fingerprint density at radius 2 is 1.54 bits per heavy atom. The third-order valence-electron chi connectivity index (χ3n) is 6.76. The van der Waals surface area contributed by atoms with Crippen LogP contribution < -0.4 is 4.90 Å². The average molecular weight is 387 g/mol. The van der Waals surface area contributed by atoms with Crippen LogP contribution in [-0.4, -0.2) is 60.5 Å². The standard InChI is InChI=1S/C22H34N4O2/c27-26(28)22-16-20(18-24-10-2-1-3-11-24)6-7-21(22)25-14-8-19(9-15-25)17-23-12-4-5-13-23/h6-7,16,19H,1-5,8-15,17-18H2. The average Bonchev–Trinajstić information content (AvgIpc) is 3.22. The van der Waals surface area contributed by atoms with Crippen molar-refractivity contribution in [3.8, 4) is 0 Å². The van der Waals surface area contributed by atoms with Crippen LogP contribution in [0.1, 0.15) is 50.5 Å². The maximum absolute atomic E-state index is 11.8. The molecule has 0 N–H and O–H groups in total. The molecule has 3 aliphatic rings. The van der Waals surface area contributed by atoms with E-state index in [2.05, 4.69) is 20.8 Å². The number of nitrogens with zero attached hydrogens (tertiary/aromatic N) is 4. The van der Waals surface area contributed by atoms with Gasteiger partial charge in [-0.1, -0.05) is 12.5 Å². The molecule has 0 atom stereocenters. The Kier molecular flexibility index (Phi) is 6.47. The summed E-state index contributed by atoms with van der Waals surface area (Å²) >= 11 is 0. The number of hydrogen-bond acceptors (Lipinski definition) is 5. The van der Waals surface area contributed by atoms with E-state index in [-0.39, 0.29) is 10.6 Å². The van der Waals surface area contributed by atoms with E-state index < -0.39 is 0 Å². The van der Waals surface area contributed by atoms with Crippen LogP contribution in [0, 0.1) is 16.0 Å². The van der Waals surface area contributed by atoms with E-state index in [4.69, 9.17) is 0 Å². The Morgan fingerprint density at radius 3 is 2.21 bits per heavy atom. The van der Waals surface area contributed by atoms with Crippen LogP contribution in [-0.2, 0) is 6.54 Å². The molecule has 6 nitrogen and oxygen atoms in total. The third-order valence-corrected chi connectivity index (χ3v) is 6.76. The first kappa shape index (κ1) is 19.6. The molecule has 4 rings (SSSR count). The summed E-state index contributed by atoms with van der Waals surface area (Å²) in [5.74, 6) is 0.742. The van der Waals surface area contributed by atoms with Crippen LogP contribution in [0.25, 0.3) is 0 Å². The van der Waals surface area contributed by atoms with Crippen molar-refractivity contribution in [2.75, 3.05) is 50.7 Å². The molecule has 1 aromatic carbocycles. The van der Waals surface area contributed by atoms with Crippen molar-refractivity contribution >= 4 is 11.4 Å². The summed E-state index contributed by atoms with van der Waals surface area (Å²) in [6.45, 7) is 8.65. The molecule has 1 aromatic rings. The molecule has 0 bridgehead atoms. The van der Waals surface area contributed by atoms with Crippen LogP contribution in [0.4, 0.5) is 11.4 Å². The highest BCUT2D eigenvalue weighted by atomic mass is 16.6. The summed E-state index contributed by atoms with van der Waals surface area (Å²) in [6, 6.07) is 5.92. The molecule has 0 spiro atoms. The number of nitro groups is 1. The van der Waals surface area contributed by atoms with Gasteiger partial charge in [0.25, 0.3) is 5.69 Å². The summed E-state index contributed by atoms with van der Waals surface area (Å²) in [5, 5.41) is 11.8. The van der Waals surface area contributed by atoms with Crippen molar-refractivity contribution in [1.82, 2.24) is 9.80 Å². The van der Waals surface area contributed by atoms with E-state index >= 15 is 0 Å². The van der Waals surface area contributed by atoms with Gasteiger partial charge in [0.05, 0.1) is 4.92 Å². The fraction of sp³-hybridized carbons (Fsp3) is 0.727. The number of rotatable bonds is 6. The van der Waals surface area contributed by atoms with Crippen LogP contribution in [0.3, 0.4) is 0 Å². The SMILES string of the molecule is O=[N+]([O-])c1cc(CN2CCCCC2)ccc1N1CCC(CN2CCCC2)CC1. The monoisotopic (exact) mass is 386 g/mol.